The van der Waals surface area contributed by atoms with Gasteiger partial charge in [0.25, 0.3) is 0 Å². The molecule has 0 aliphatic heterocycles. The van der Waals surface area contributed by atoms with Crippen LogP contribution < -0.4 is 0 Å². The Balaban J connectivity index is 3.14. The van der Waals surface area contributed by atoms with Gasteiger partial charge in [-0.25, -0.2) is 0 Å². The maximum Gasteiger partial charge on any atom is 0.136 e. The van der Waals surface area contributed by atoms with E-state index < -0.39 is 0 Å². The average Bonchev–Trinajstić information content (AvgIpc) is 1.85. The highest BCUT2D eigenvalue weighted by Gasteiger charge is 1.93. The van der Waals surface area contributed by atoms with Crippen LogP contribution in [0.1, 0.15) is 5.56 Å². The lowest BCUT2D eigenvalue weighted by Gasteiger charge is -1.80. The summed E-state index contributed by atoms with van der Waals surface area (Å²) < 4.78 is 1.82. The van der Waals surface area contributed by atoms with E-state index in [2.05, 4.69) is 0 Å². The number of nitrogens with zero attached hydrogens (tertiary/aromatic N) is 1. The van der Waals surface area contributed by atoms with Gasteiger partial charge >= 0.3 is 0 Å². The van der Waals surface area contributed by atoms with E-state index in [1.807, 2.05) is 24.7 Å². The van der Waals surface area contributed by atoms with E-state index in [0.29, 0.717) is 5.75 Å². The molecule has 0 amide bonds. The Morgan fingerprint density at radius 3 is 2.25 bits per heavy atom. The molecule has 2 heteroatoms. The predicted octanol–water partition coefficient (Wildman–Crippen LogP) is 1.04. The van der Waals surface area contributed by atoms with Crippen molar-refractivity contribution in [3.8, 4) is 5.75 Å². The standard InChI is InChI=1S/C6H9NO/c1-5-3-7(2)4-6(5)8/h3-4,8H,1-2H3. The molecule has 1 aromatic rings. The number of aromatic hydroxyl groups is 1. The Morgan fingerprint density at radius 2 is 2.12 bits per heavy atom. The summed E-state index contributed by atoms with van der Waals surface area (Å²) in [5.41, 5.74) is 0.924. The topological polar surface area (TPSA) is 25.2 Å². The summed E-state index contributed by atoms with van der Waals surface area (Å²) >= 11 is 0. The molecule has 1 N–H and O–H groups in total. The Bertz CT molecular complexity index is 171. The van der Waals surface area contributed by atoms with E-state index in [-0.39, 0.29) is 0 Å². The van der Waals surface area contributed by atoms with Crippen molar-refractivity contribution in [3.05, 3.63) is 18.0 Å². The SMILES string of the molecule is Cc1cn(C)cc1O. The van der Waals surface area contributed by atoms with Crippen LogP contribution >= 0.6 is 0 Å². The molecule has 0 aromatic carbocycles. The van der Waals surface area contributed by atoms with Gasteiger partial charge in [-0.15, -0.1) is 0 Å². The highest BCUT2D eigenvalue weighted by atomic mass is 16.3. The minimum Gasteiger partial charge on any atom is -0.506 e. The quantitative estimate of drug-likeness (QED) is 0.531. The lowest BCUT2D eigenvalue weighted by atomic mass is 10.4. The van der Waals surface area contributed by atoms with Crippen LogP contribution in [0, 0.1) is 6.92 Å². The fourth-order valence-corrected chi connectivity index (χ4v) is 0.704. The number of hydrogen-bond donors (Lipinski definition) is 1. The van der Waals surface area contributed by atoms with Crippen LogP contribution in [0.2, 0.25) is 0 Å². The van der Waals surface area contributed by atoms with Crippen LogP contribution in [0.25, 0.3) is 0 Å². The van der Waals surface area contributed by atoms with Crippen LogP contribution in [-0.4, -0.2) is 9.67 Å². The van der Waals surface area contributed by atoms with Crippen molar-refractivity contribution in [1.82, 2.24) is 4.57 Å². The second kappa shape index (κ2) is 1.54. The van der Waals surface area contributed by atoms with Gasteiger partial charge in [0.2, 0.25) is 0 Å². The summed E-state index contributed by atoms with van der Waals surface area (Å²) in [5, 5.41) is 8.92. The molecule has 1 aromatic heterocycles. The van der Waals surface area contributed by atoms with E-state index in [9.17, 15) is 0 Å². The first-order valence-electron chi connectivity index (χ1n) is 2.51. The summed E-state index contributed by atoms with van der Waals surface area (Å²) in [4.78, 5) is 0. The molecule has 1 rings (SSSR count). The minimum atomic E-state index is 0.368. The normalized spacial score (nSPS) is 9.75. The molecule has 1 heterocycles. The van der Waals surface area contributed by atoms with Crippen LogP contribution in [-0.2, 0) is 7.05 Å². The summed E-state index contributed by atoms with van der Waals surface area (Å²) in [5.74, 6) is 0.368. The summed E-state index contributed by atoms with van der Waals surface area (Å²) in [6.45, 7) is 1.87. The molecular weight excluding hydrogens is 102 g/mol. The molecule has 0 atom stereocenters. The Kier molecular flexibility index (Phi) is 1.01. The van der Waals surface area contributed by atoms with Gasteiger partial charge in [-0.05, 0) is 6.92 Å². The molecular formula is C6H9NO. The molecule has 0 radical (unpaired) electrons. The first-order valence-corrected chi connectivity index (χ1v) is 2.51. The average molecular weight is 111 g/mol. The maximum atomic E-state index is 8.92. The second-order valence-corrected chi connectivity index (χ2v) is 1.99. The lowest BCUT2D eigenvalue weighted by molar-refractivity contribution is 0.471. The third-order valence-corrected chi connectivity index (χ3v) is 1.13. The third kappa shape index (κ3) is 0.689. The second-order valence-electron chi connectivity index (χ2n) is 1.99. The van der Waals surface area contributed by atoms with Gasteiger partial charge in [-0.3, -0.25) is 0 Å². The Hall–Kier alpha value is -0.920. The van der Waals surface area contributed by atoms with Crippen molar-refractivity contribution in [2.24, 2.45) is 7.05 Å². The molecule has 0 saturated carbocycles. The van der Waals surface area contributed by atoms with Gasteiger partial charge < -0.3 is 9.67 Å². The molecule has 8 heavy (non-hydrogen) atoms. The van der Waals surface area contributed by atoms with E-state index >= 15 is 0 Å². The first kappa shape index (κ1) is 5.22. The van der Waals surface area contributed by atoms with Gasteiger partial charge in [0.15, 0.2) is 0 Å². The Labute approximate surface area is 48.4 Å². The predicted molar refractivity (Wildman–Crippen MR) is 31.8 cm³/mol. The van der Waals surface area contributed by atoms with Gasteiger partial charge in [-0.1, -0.05) is 0 Å². The largest absolute Gasteiger partial charge is 0.506 e. The first-order chi connectivity index (χ1) is 3.70. The summed E-state index contributed by atoms with van der Waals surface area (Å²) in [6.07, 6.45) is 3.55. The van der Waals surface area contributed by atoms with Crippen LogP contribution in [0.5, 0.6) is 5.75 Å². The van der Waals surface area contributed by atoms with Crippen molar-refractivity contribution in [1.29, 1.82) is 0 Å². The molecule has 0 saturated heterocycles. The van der Waals surface area contributed by atoms with Gasteiger partial charge in [-0.2, -0.15) is 0 Å². The van der Waals surface area contributed by atoms with Gasteiger partial charge in [0.05, 0.1) is 0 Å². The highest BCUT2D eigenvalue weighted by molar-refractivity contribution is 5.27. The summed E-state index contributed by atoms with van der Waals surface area (Å²) in [6, 6.07) is 0. The van der Waals surface area contributed by atoms with E-state index in [0.717, 1.165) is 5.56 Å². The van der Waals surface area contributed by atoms with Crippen LogP contribution in [0.3, 0.4) is 0 Å². The van der Waals surface area contributed by atoms with E-state index in [1.54, 1.807) is 6.20 Å². The monoisotopic (exact) mass is 111 g/mol. The molecule has 0 aliphatic carbocycles. The third-order valence-electron chi connectivity index (χ3n) is 1.13. The number of rotatable bonds is 0. The fraction of sp³-hybridized carbons (Fsp3) is 0.333. The van der Waals surface area contributed by atoms with Crippen molar-refractivity contribution < 1.29 is 5.11 Å². The molecule has 0 fully saturated rings. The van der Waals surface area contributed by atoms with Gasteiger partial charge in [0.1, 0.15) is 5.75 Å². The molecule has 0 unspecified atom stereocenters. The van der Waals surface area contributed by atoms with Crippen molar-refractivity contribution >= 4 is 0 Å². The van der Waals surface area contributed by atoms with Gasteiger partial charge in [0, 0.05) is 25.0 Å². The maximum absolute atomic E-state index is 8.92. The van der Waals surface area contributed by atoms with Crippen LogP contribution in [0.15, 0.2) is 12.4 Å². The zero-order chi connectivity index (χ0) is 6.15. The summed E-state index contributed by atoms with van der Waals surface area (Å²) in [7, 11) is 1.88. The number of hydrogen-bond acceptors (Lipinski definition) is 1. The molecule has 2 nitrogen and oxygen atoms in total. The number of aryl methyl sites for hydroxylation is 2. The number of aromatic nitrogens is 1. The minimum absolute atomic E-state index is 0.368. The van der Waals surface area contributed by atoms with E-state index in [4.69, 9.17) is 5.11 Å². The van der Waals surface area contributed by atoms with Crippen molar-refractivity contribution in [2.75, 3.05) is 0 Å². The van der Waals surface area contributed by atoms with Crippen molar-refractivity contribution in [2.45, 2.75) is 6.92 Å². The van der Waals surface area contributed by atoms with Crippen molar-refractivity contribution in [3.63, 3.8) is 0 Å². The zero-order valence-corrected chi connectivity index (χ0v) is 5.05. The smallest absolute Gasteiger partial charge is 0.136 e. The van der Waals surface area contributed by atoms with Crippen LogP contribution in [0.4, 0.5) is 0 Å². The zero-order valence-electron chi connectivity index (χ0n) is 5.05. The highest BCUT2D eigenvalue weighted by Crippen LogP contribution is 2.13. The fourth-order valence-electron chi connectivity index (χ4n) is 0.704. The molecule has 0 bridgehead atoms. The Morgan fingerprint density at radius 1 is 1.50 bits per heavy atom. The molecule has 0 aliphatic rings. The molecule has 0 spiro atoms. The lowest BCUT2D eigenvalue weighted by Crippen LogP contribution is -1.76. The van der Waals surface area contributed by atoms with E-state index in [1.165, 1.54) is 0 Å². The molecule has 44 valence electrons.